The minimum Gasteiger partial charge on any atom is -0.389 e. The van der Waals surface area contributed by atoms with Gasteiger partial charge in [-0.15, -0.1) is 0 Å². The Morgan fingerprint density at radius 1 is 1.07 bits per heavy atom. The lowest BCUT2D eigenvalue weighted by Crippen LogP contribution is -2.11. The van der Waals surface area contributed by atoms with E-state index in [2.05, 4.69) is 36.4 Å². The van der Waals surface area contributed by atoms with Crippen LogP contribution < -0.4 is 0 Å². The van der Waals surface area contributed by atoms with Gasteiger partial charge in [-0.05, 0) is 21.9 Å². The molecule has 0 aliphatic heterocycles. The van der Waals surface area contributed by atoms with Gasteiger partial charge in [0.15, 0.2) is 0 Å². The van der Waals surface area contributed by atoms with Crippen LogP contribution in [0.5, 0.6) is 0 Å². The topological polar surface area (TPSA) is 20.2 Å². The molecule has 15 heavy (non-hydrogen) atoms. The lowest BCUT2D eigenvalue weighted by Gasteiger charge is -2.16. The Morgan fingerprint density at radius 3 is 2.87 bits per heavy atom. The van der Waals surface area contributed by atoms with E-state index in [0.717, 1.165) is 6.42 Å². The third kappa shape index (κ3) is 1.36. The fourth-order valence-corrected chi connectivity index (χ4v) is 2.22. The normalized spacial score (nSPS) is 19.1. The largest absolute Gasteiger partial charge is 0.389 e. The van der Waals surface area contributed by atoms with Gasteiger partial charge in [0.1, 0.15) is 0 Å². The van der Waals surface area contributed by atoms with Crippen molar-refractivity contribution in [2.75, 3.05) is 0 Å². The van der Waals surface area contributed by atoms with Crippen molar-refractivity contribution in [3.05, 3.63) is 53.6 Å². The van der Waals surface area contributed by atoms with Crippen molar-refractivity contribution < 1.29 is 5.11 Å². The Morgan fingerprint density at radius 2 is 1.93 bits per heavy atom. The van der Waals surface area contributed by atoms with Crippen LogP contribution in [0.4, 0.5) is 0 Å². The predicted octanol–water partition coefficient (Wildman–Crippen LogP) is 2.77. The fourth-order valence-electron chi connectivity index (χ4n) is 2.22. The highest BCUT2D eigenvalue weighted by molar-refractivity contribution is 5.92. The van der Waals surface area contributed by atoms with Crippen LogP contribution in [0.25, 0.3) is 16.8 Å². The molecule has 1 unspecified atom stereocenters. The minimum atomic E-state index is -0.321. The molecule has 0 spiro atoms. The summed E-state index contributed by atoms with van der Waals surface area (Å²) in [6, 6.07) is 12.6. The first kappa shape index (κ1) is 8.69. The summed E-state index contributed by atoms with van der Waals surface area (Å²) < 4.78 is 0. The maximum absolute atomic E-state index is 9.54. The van der Waals surface area contributed by atoms with Crippen LogP contribution in [-0.4, -0.2) is 11.2 Å². The van der Waals surface area contributed by atoms with E-state index in [1.54, 1.807) is 0 Å². The Labute approximate surface area is 88.7 Å². The second kappa shape index (κ2) is 3.21. The predicted molar refractivity (Wildman–Crippen MR) is 62.7 cm³/mol. The molecule has 2 aromatic carbocycles. The molecule has 0 saturated carbocycles. The lowest BCUT2D eigenvalue weighted by atomic mass is 9.91. The van der Waals surface area contributed by atoms with Gasteiger partial charge in [-0.3, -0.25) is 0 Å². The number of benzene rings is 2. The van der Waals surface area contributed by atoms with Gasteiger partial charge in [-0.1, -0.05) is 48.6 Å². The smallest absolute Gasteiger partial charge is 0.0764 e. The van der Waals surface area contributed by atoms with Crippen molar-refractivity contribution in [2.24, 2.45) is 0 Å². The number of hydrogen-bond donors (Lipinski definition) is 1. The molecule has 0 aromatic heterocycles. The van der Waals surface area contributed by atoms with Gasteiger partial charge in [0.25, 0.3) is 0 Å². The standard InChI is InChI=1S/C14H12O/c15-12-7-8-14-11(9-12)6-5-10-3-1-2-4-13(10)14/h1-8,12,15H,9H2. The molecule has 1 nitrogen and oxygen atoms in total. The molecule has 0 amide bonds. The summed E-state index contributed by atoms with van der Waals surface area (Å²) in [6.07, 6.45) is 4.32. The van der Waals surface area contributed by atoms with Crippen molar-refractivity contribution in [3.63, 3.8) is 0 Å². The summed E-state index contributed by atoms with van der Waals surface area (Å²) in [5, 5.41) is 12.1. The van der Waals surface area contributed by atoms with E-state index >= 15 is 0 Å². The number of fused-ring (bicyclic) bond motifs is 3. The summed E-state index contributed by atoms with van der Waals surface area (Å²) in [6.45, 7) is 0. The molecule has 0 heterocycles. The number of hydrogen-bond acceptors (Lipinski definition) is 1. The molecular formula is C14H12O. The summed E-state index contributed by atoms with van der Waals surface area (Å²) in [4.78, 5) is 0. The molecule has 1 atom stereocenters. The van der Waals surface area contributed by atoms with Gasteiger partial charge in [0.2, 0.25) is 0 Å². The van der Waals surface area contributed by atoms with Gasteiger partial charge < -0.3 is 5.11 Å². The van der Waals surface area contributed by atoms with Crippen LogP contribution >= 0.6 is 0 Å². The van der Waals surface area contributed by atoms with Crippen LogP contribution in [0.15, 0.2) is 42.5 Å². The van der Waals surface area contributed by atoms with E-state index in [1.165, 1.54) is 21.9 Å². The average molecular weight is 196 g/mol. The summed E-state index contributed by atoms with van der Waals surface area (Å²) in [7, 11) is 0. The van der Waals surface area contributed by atoms with Gasteiger partial charge in [0, 0.05) is 6.42 Å². The first-order chi connectivity index (χ1) is 7.34. The number of rotatable bonds is 0. The third-order valence-electron chi connectivity index (χ3n) is 2.98. The SMILES string of the molecule is OC1C=Cc2c(ccc3ccccc23)C1. The molecular weight excluding hydrogens is 184 g/mol. The zero-order valence-corrected chi connectivity index (χ0v) is 8.35. The fraction of sp³-hybridized carbons (Fsp3) is 0.143. The first-order valence-electron chi connectivity index (χ1n) is 5.21. The van der Waals surface area contributed by atoms with Gasteiger partial charge in [-0.2, -0.15) is 0 Å². The summed E-state index contributed by atoms with van der Waals surface area (Å²) in [5.41, 5.74) is 2.50. The Hall–Kier alpha value is -1.60. The molecule has 74 valence electrons. The Kier molecular flexibility index (Phi) is 1.86. The zero-order valence-electron chi connectivity index (χ0n) is 8.35. The molecule has 1 aliphatic rings. The van der Waals surface area contributed by atoms with Crippen LogP contribution in [0.3, 0.4) is 0 Å². The lowest BCUT2D eigenvalue weighted by molar-refractivity contribution is 0.223. The first-order valence-corrected chi connectivity index (χ1v) is 5.21. The Bertz CT molecular complexity index is 540. The van der Waals surface area contributed by atoms with Crippen molar-refractivity contribution in [1.82, 2.24) is 0 Å². The van der Waals surface area contributed by atoms with E-state index in [4.69, 9.17) is 0 Å². The summed E-state index contributed by atoms with van der Waals surface area (Å²) >= 11 is 0. The van der Waals surface area contributed by atoms with Crippen LogP contribution in [0.1, 0.15) is 11.1 Å². The number of aliphatic hydroxyl groups excluding tert-OH is 1. The van der Waals surface area contributed by atoms with Crippen molar-refractivity contribution >= 4 is 16.8 Å². The van der Waals surface area contributed by atoms with Crippen molar-refractivity contribution in [3.8, 4) is 0 Å². The molecule has 1 N–H and O–H groups in total. The van der Waals surface area contributed by atoms with Gasteiger partial charge in [0.05, 0.1) is 6.10 Å². The highest BCUT2D eigenvalue weighted by atomic mass is 16.3. The van der Waals surface area contributed by atoms with E-state index in [0.29, 0.717) is 0 Å². The Balaban J connectivity index is 2.33. The summed E-state index contributed by atoms with van der Waals surface area (Å²) in [5.74, 6) is 0. The van der Waals surface area contributed by atoms with E-state index < -0.39 is 0 Å². The van der Waals surface area contributed by atoms with E-state index in [1.807, 2.05) is 12.2 Å². The molecule has 2 aromatic rings. The maximum Gasteiger partial charge on any atom is 0.0764 e. The van der Waals surface area contributed by atoms with Crippen LogP contribution in [0, 0.1) is 0 Å². The van der Waals surface area contributed by atoms with Gasteiger partial charge >= 0.3 is 0 Å². The number of aliphatic hydroxyl groups is 1. The molecule has 1 heteroatoms. The van der Waals surface area contributed by atoms with E-state index in [-0.39, 0.29) is 6.10 Å². The zero-order chi connectivity index (χ0) is 10.3. The van der Waals surface area contributed by atoms with Crippen molar-refractivity contribution in [2.45, 2.75) is 12.5 Å². The molecule has 1 aliphatic carbocycles. The quantitative estimate of drug-likeness (QED) is 0.687. The monoisotopic (exact) mass is 196 g/mol. The van der Waals surface area contributed by atoms with Crippen molar-refractivity contribution in [1.29, 1.82) is 0 Å². The second-order valence-electron chi connectivity index (χ2n) is 3.99. The van der Waals surface area contributed by atoms with Crippen LogP contribution in [-0.2, 0) is 6.42 Å². The van der Waals surface area contributed by atoms with Crippen LogP contribution in [0.2, 0.25) is 0 Å². The molecule has 0 saturated heterocycles. The highest BCUT2D eigenvalue weighted by Crippen LogP contribution is 2.27. The highest BCUT2D eigenvalue weighted by Gasteiger charge is 2.12. The maximum atomic E-state index is 9.54. The molecule has 3 rings (SSSR count). The average Bonchev–Trinajstić information content (AvgIpc) is 2.28. The van der Waals surface area contributed by atoms with E-state index in [9.17, 15) is 5.11 Å². The molecule has 0 fully saturated rings. The molecule has 0 radical (unpaired) electrons. The third-order valence-corrected chi connectivity index (χ3v) is 2.98. The molecule has 0 bridgehead atoms. The minimum absolute atomic E-state index is 0.321. The van der Waals surface area contributed by atoms with Gasteiger partial charge in [-0.25, -0.2) is 0 Å². The second-order valence-corrected chi connectivity index (χ2v) is 3.99.